The molecule has 3 atom stereocenters. The lowest BCUT2D eigenvalue weighted by atomic mass is 9.85. The molecule has 0 radical (unpaired) electrons. The van der Waals surface area contributed by atoms with Gasteiger partial charge >= 0.3 is 11.9 Å². The van der Waals surface area contributed by atoms with Gasteiger partial charge in [0.1, 0.15) is 6.04 Å². The van der Waals surface area contributed by atoms with Crippen molar-refractivity contribution in [3.8, 4) is 0 Å². The lowest BCUT2D eigenvalue weighted by Gasteiger charge is -2.39. The summed E-state index contributed by atoms with van der Waals surface area (Å²) >= 11 is 14.5. The maximum atomic E-state index is 14.6. The van der Waals surface area contributed by atoms with E-state index in [9.17, 15) is 18.4 Å². The van der Waals surface area contributed by atoms with Crippen LogP contribution in [0.5, 0.6) is 0 Å². The number of ether oxygens (including phenoxy) is 2. The quantitative estimate of drug-likeness (QED) is 0.224. The van der Waals surface area contributed by atoms with Gasteiger partial charge in [-0.05, 0) is 25.5 Å². The molecule has 0 saturated carbocycles. The Bertz CT molecular complexity index is 1570. The molecule has 3 aromatic rings. The summed E-state index contributed by atoms with van der Waals surface area (Å²) in [5.41, 5.74) is 0.677. The number of benzene rings is 1. The Hall–Kier alpha value is -3.68. The first-order chi connectivity index (χ1) is 20.2. The van der Waals surface area contributed by atoms with E-state index in [2.05, 4.69) is 25.3 Å². The summed E-state index contributed by atoms with van der Waals surface area (Å²) in [4.78, 5) is 44.9. The maximum absolute atomic E-state index is 14.6. The highest BCUT2D eigenvalue weighted by Crippen LogP contribution is 2.41. The molecule has 1 saturated heterocycles. The second-order valence-electron chi connectivity index (χ2n) is 9.25. The Morgan fingerprint density at radius 1 is 1.19 bits per heavy atom. The minimum absolute atomic E-state index is 0.0652. The fraction of sp³-hybridized carbons (Fsp3) is 0.333. The number of carbonyl (C=O) groups excluding carboxylic acids is 2. The van der Waals surface area contributed by atoms with E-state index in [1.54, 1.807) is 18.5 Å². The third kappa shape index (κ3) is 5.81. The molecule has 0 aliphatic carbocycles. The molecule has 42 heavy (non-hydrogen) atoms. The fourth-order valence-corrected chi connectivity index (χ4v) is 6.11. The molecule has 0 amide bonds. The summed E-state index contributed by atoms with van der Waals surface area (Å²) in [6.07, 6.45) is 3.49. The number of nitrogens with one attached hydrogen (secondary N) is 1. The van der Waals surface area contributed by atoms with Crippen LogP contribution in [-0.4, -0.2) is 64.9 Å². The van der Waals surface area contributed by atoms with Gasteiger partial charge < -0.3 is 19.7 Å². The predicted octanol–water partition coefficient (Wildman–Crippen LogP) is 4.69. The van der Waals surface area contributed by atoms with Crippen molar-refractivity contribution in [3.63, 3.8) is 0 Å². The minimum Gasteiger partial charge on any atom is -0.466 e. The maximum Gasteiger partial charge on any atom is 0.357 e. The van der Waals surface area contributed by atoms with Crippen molar-refractivity contribution in [1.29, 1.82) is 0 Å². The molecule has 2 aliphatic rings. The van der Waals surface area contributed by atoms with Crippen molar-refractivity contribution in [3.05, 3.63) is 80.2 Å². The Morgan fingerprint density at radius 2 is 2.00 bits per heavy atom. The van der Waals surface area contributed by atoms with Crippen LogP contribution in [0.1, 0.15) is 40.4 Å². The molecule has 10 nitrogen and oxygen atoms in total. The Balaban J connectivity index is 1.53. The van der Waals surface area contributed by atoms with E-state index < -0.39 is 45.9 Å². The number of allylic oxidation sites excluding steroid dienone is 1. The largest absolute Gasteiger partial charge is 0.466 e. The number of alkyl halides is 1. The van der Waals surface area contributed by atoms with E-state index in [4.69, 9.17) is 32.7 Å². The van der Waals surface area contributed by atoms with Crippen LogP contribution in [0.25, 0.3) is 0 Å². The highest BCUT2D eigenvalue weighted by atomic mass is 35.5. The lowest BCUT2D eigenvalue weighted by molar-refractivity contribution is -0.136. The molecule has 2 aromatic heterocycles. The number of rotatable bonds is 7. The molecule has 3 unspecified atom stereocenters. The number of halogens is 4. The van der Waals surface area contributed by atoms with Crippen molar-refractivity contribution in [2.45, 2.75) is 24.8 Å². The normalized spacial score (nSPS) is 20.6. The van der Waals surface area contributed by atoms with Gasteiger partial charge in [0.2, 0.25) is 5.95 Å². The monoisotopic (exact) mass is 636 g/mol. The molecule has 1 aromatic carbocycles. The number of amidine groups is 1. The number of nitrogens with zero attached hydrogens (tertiary/aromatic N) is 5. The van der Waals surface area contributed by atoms with Crippen molar-refractivity contribution in [2.75, 3.05) is 31.7 Å². The number of methoxy groups -OCH3 is 1. The number of anilines is 1. The molecule has 220 valence electrons. The zero-order chi connectivity index (χ0) is 30.0. The van der Waals surface area contributed by atoms with Crippen LogP contribution in [0, 0.1) is 17.6 Å². The lowest BCUT2D eigenvalue weighted by Crippen LogP contribution is -2.47. The molecule has 5 rings (SSSR count). The van der Waals surface area contributed by atoms with E-state index in [-0.39, 0.29) is 30.0 Å². The standard InChI is InChI=1S/C27H24Cl2F2N6O4S/c1-3-41-25(38)17-6-8-33-27(34-17)37-10-7-13(15(28)12-37)21-18(26(39)40-2)22(14-4-5-16(30)20(31)19(14)29)36-23(35-21)24-32-9-11-42-24/h4-6,8-9,11,13,15,22H,3,7,10,12H2,1-2H3,(H,35,36). The van der Waals surface area contributed by atoms with Gasteiger partial charge in [-0.25, -0.2) is 33.3 Å². The first kappa shape index (κ1) is 29.8. The zero-order valence-electron chi connectivity index (χ0n) is 22.3. The van der Waals surface area contributed by atoms with Gasteiger partial charge in [-0.15, -0.1) is 22.9 Å². The van der Waals surface area contributed by atoms with Gasteiger partial charge in [-0.2, -0.15) is 0 Å². The second-order valence-corrected chi connectivity index (χ2v) is 11.1. The second kappa shape index (κ2) is 12.7. The number of piperidine rings is 1. The number of aliphatic imine (C=N–C) groups is 1. The molecule has 0 spiro atoms. The van der Waals surface area contributed by atoms with Crippen LogP contribution in [0.15, 0.2) is 52.2 Å². The fourth-order valence-electron chi connectivity index (χ4n) is 4.85. The van der Waals surface area contributed by atoms with Crippen molar-refractivity contribution < 1.29 is 27.8 Å². The summed E-state index contributed by atoms with van der Waals surface area (Å²) in [7, 11) is 1.21. The van der Waals surface area contributed by atoms with E-state index in [1.165, 1.54) is 36.8 Å². The third-order valence-electron chi connectivity index (χ3n) is 6.80. The zero-order valence-corrected chi connectivity index (χ0v) is 24.6. The average molecular weight is 637 g/mol. The van der Waals surface area contributed by atoms with E-state index in [1.807, 2.05) is 4.90 Å². The number of carbonyl (C=O) groups is 2. The van der Waals surface area contributed by atoms with Crippen LogP contribution >= 0.6 is 34.5 Å². The molecule has 15 heteroatoms. The number of esters is 2. The summed E-state index contributed by atoms with van der Waals surface area (Å²) in [5.74, 6) is -3.50. The van der Waals surface area contributed by atoms with Crippen LogP contribution in [0.3, 0.4) is 0 Å². The molecule has 4 heterocycles. The van der Waals surface area contributed by atoms with E-state index in [0.29, 0.717) is 35.5 Å². The summed E-state index contributed by atoms with van der Waals surface area (Å²) in [6, 6.07) is 2.55. The number of thiazole rings is 1. The van der Waals surface area contributed by atoms with E-state index in [0.717, 1.165) is 6.07 Å². The Kier molecular flexibility index (Phi) is 8.99. The highest BCUT2D eigenvalue weighted by molar-refractivity contribution is 7.11. The van der Waals surface area contributed by atoms with Crippen LogP contribution in [-0.2, 0) is 14.3 Å². The number of hydrogen-bond acceptors (Lipinski definition) is 11. The van der Waals surface area contributed by atoms with Crippen molar-refractivity contribution in [1.82, 2.24) is 20.3 Å². The summed E-state index contributed by atoms with van der Waals surface area (Å²) < 4.78 is 38.7. The summed E-state index contributed by atoms with van der Waals surface area (Å²) in [6.45, 7) is 2.59. The van der Waals surface area contributed by atoms with Crippen molar-refractivity contribution in [2.24, 2.45) is 10.9 Å². The third-order valence-corrected chi connectivity index (χ3v) is 8.40. The van der Waals surface area contributed by atoms with Gasteiger partial charge in [0.05, 0.1) is 29.7 Å². The molecule has 0 bridgehead atoms. The van der Waals surface area contributed by atoms with Gasteiger partial charge in [0.25, 0.3) is 0 Å². The SMILES string of the molecule is CCOC(=O)c1ccnc(N2CCC(C3=C(C(=O)OC)C(c4ccc(F)c(F)c4Cl)N=C(c4nccs4)N3)C(Cl)C2)n1. The average Bonchev–Trinajstić information content (AvgIpc) is 3.54. The number of hydrogen-bond donors (Lipinski definition) is 1. The Labute approximate surface area is 253 Å². The summed E-state index contributed by atoms with van der Waals surface area (Å²) in [5, 5.41) is 4.40. The van der Waals surface area contributed by atoms with Crippen LogP contribution < -0.4 is 10.2 Å². The van der Waals surface area contributed by atoms with Gasteiger partial charge in [0, 0.05) is 48.0 Å². The van der Waals surface area contributed by atoms with Gasteiger partial charge in [-0.3, -0.25) is 4.99 Å². The molecular formula is C27H24Cl2F2N6O4S. The minimum atomic E-state index is -1.25. The molecular weight excluding hydrogens is 613 g/mol. The molecule has 1 fully saturated rings. The topological polar surface area (TPSA) is 119 Å². The smallest absolute Gasteiger partial charge is 0.357 e. The van der Waals surface area contributed by atoms with Crippen LogP contribution in [0.4, 0.5) is 14.7 Å². The number of aromatic nitrogens is 3. The van der Waals surface area contributed by atoms with Crippen molar-refractivity contribution >= 4 is 58.3 Å². The molecule has 1 N–H and O–H groups in total. The van der Waals surface area contributed by atoms with Gasteiger partial charge in [0.15, 0.2) is 28.2 Å². The first-order valence-corrected chi connectivity index (χ1v) is 14.5. The predicted molar refractivity (Wildman–Crippen MR) is 153 cm³/mol. The van der Waals surface area contributed by atoms with E-state index >= 15 is 0 Å². The molecule has 2 aliphatic heterocycles. The first-order valence-electron chi connectivity index (χ1n) is 12.8. The van der Waals surface area contributed by atoms with Gasteiger partial charge in [-0.1, -0.05) is 17.7 Å². The Morgan fingerprint density at radius 3 is 2.69 bits per heavy atom. The highest BCUT2D eigenvalue weighted by Gasteiger charge is 2.41. The van der Waals surface area contributed by atoms with Crippen LogP contribution in [0.2, 0.25) is 5.02 Å².